The molecule has 0 saturated carbocycles. The van der Waals surface area contributed by atoms with Crippen molar-refractivity contribution in [3.05, 3.63) is 35.9 Å². The fraction of sp³-hybridized carbons (Fsp3) is 0.571. The molecule has 0 unspecified atom stereocenters. The molecule has 0 aliphatic carbocycles. The molecule has 84 valence electrons. The van der Waals surface area contributed by atoms with E-state index in [0.717, 1.165) is 0 Å². The van der Waals surface area contributed by atoms with Gasteiger partial charge in [-0.15, -0.1) is 0 Å². The van der Waals surface area contributed by atoms with E-state index >= 15 is 0 Å². The third kappa shape index (κ3) is 4.48. The van der Waals surface area contributed by atoms with Crippen molar-refractivity contribution < 1.29 is 0 Å². The lowest BCUT2D eigenvalue weighted by atomic mass is 10.1. The Morgan fingerprint density at radius 1 is 1.13 bits per heavy atom. The van der Waals surface area contributed by atoms with E-state index < -0.39 is 0 Å². The van der Waals surface area contributed by atoms with Gasteiger partial charge in [0.1, 0.15) is 0 Å². The molecule has 0 spiro atoms. The largest absolute Gasteiger partial charge is 0.308 e. The van der Waals surface area contributed by atoms with Crippen molar-refractivity contribution in [1.29, 1.82) is 0 Å². The summed E-state index contributed by atoms with van der Waals surface area (Å²) in [4.78, 5) is 0. The number of hydrogen-bond acceptors (Lipinski definition) is 1. The van der Waals surface area contributed by atoms with Gasteiger partial charge in [0.05, 0.1) is 0 Å². The first-order valence-corrected chi connectivity index (χ1v) is 6.05. The summed E-state index contributed by atoms with van der Waals surface area (Å²) in [6.07, 6.45) is 3.87. The maximum Gasteiger partial charge on any atom is 0.0294 e. The molecule has 0 bridgehead atoms. The molecule has 1 rings (SSSR count). The molecule has 1 heteroatoms. The second-order valence-corrected chi connectivity index (χ2v) is 4.34. The fourth-order valence-corrected chi connectivity index (χ4v) is 1.86. The number of rotatable bonds is 6. The summed E-state index contributed by atoms with van der Waals surface area (Å²) in [7, 11) is 0. The van der Waals surface area contributed by atoms with Crippen LogP contribution >= 0.6 is 0 Å². The molecule has 0 radical (unpaired) electrons. The lowest BCUT2D eigenvalue weighted by Crippen LogP contribution is -2.28. The number of benzene rings is 1. The maximum atomic E-state index is 3.63. The van der Waals surface area contributed by atoms with Crippen LogP contribution in [0.15, 0.2) is 30.3 Å². The Morgan fingerprint density at radius 3 is 2.40 bits per heavy atom. The fourth-order valence-electron chi connectivity index (χ4n) is 1.86. The molecular formula is C14H23N. The summed E-state index contributed by atoms with van der Waals surface area (Å²) >= 11 is 0. The van der Waals surface area contributed by atoms with Gasteiger partial charge in [0, 0.05) is 12.1 Å². The highest BCUT2D eigenvalue weighted by Crippen LogP contribution is 2.13. The van der Waals surface area contributed by atoms with Gasteiger partial charge in [0.25, 0.3) is 0 Å². The molecule has 2 atom stereocenters. The molecule has 1 aromatic rings. The van der Waals surface area contributed by atoms with Gasteiger partial charge < -0.3 is 5.32 Å². The highest BCUT2D eigenvalue weighted by atomic mass is 14.9. The Bertz CT molecular complexity index is 255. The predicted molar refractivity (Wildman–Crippen MR) is 67.0 cm³/mol. The van der Waals surface area contributed by atoms with Crippen LogP contribution in [0.1, 0.15) is 51.6 Å². The highest BCUT2D eigenvalue weighted by molar-refractivity contribution is 5.18. The maximum absolute atomic E-state index is 3.63. The average Bonchev–Trinajstić information content (AvgIpc) is 2.27. The summed E-state index contributed by atoms with van der Waals surface area (Å²) in [6.45, 7) is 6.75. The van der Waals surface area contributed by atoms with Crippen LogP contribution in [0, 0.1) is 0 Å². The third-order valence-electron chi connectivity index (χ3n) is 2.82. The first-order chi connectivity index (χ1) is 7.24. The topological polar surface area (TPSA) is 12.0 Å². The monoisotopic (exact) mass is 205 g/mol. The minimum atomic E-state index is 0.457. The number of nitrogens with one attached hydrogen (secondary N) is 1. The zero-order chi connectivity index (χ0) is 11.1. The standard InChI is InChI=1S/C14H23N/c1-4-5-9-12(2)15-13(3)14-10-7-6-8-11-14/h6-8,10-13,15H,4-5,9H2,1-3H3/t12-,13-/m0/s1. The minimum Gasteiger partial charge on any atom is -0.308 e. The van der Waals surface area contributed by atoms with Gasteiger partial charge in [0.2, 0.25) is 0 Å². The SMILES string of the molecule is CCCC[C@H](C)N[C@@H](C)c1ccccc1. The van der Waals surface area contributed by atoms with E-state index in [2.05, 4.69) is 56.4 Å². The van der Waals surface area contributed by atoms with Gasteiger partial charge in [-0.3, -0.25) is 0 Å². The van der Waals surface area contributed by atoms with Crippen LogP contribution in [0.3, 0.4) is 0 Å². The van der Waals surface area contributed by atoms with Gasteiger partial charge in [-0.25, -0.2) is 0 Å². The molecule has 0 saturated heterocycles. The van der Waals surface area contributed by atoms with Gasteiger partial charge in [-0.05, 0) is 25.8 Å². The summed E-state index contributed by atoms with van der Waals surface area (Å²) < 4.78 is 0. The first-order valence-electron chi connectivity index (χ1n) is 6.05. The molecule has 0 fully saturated rings. The van der Waals surface area contributed by atoms with Crippen molar-refractivity contribution >= 4 is 0 Å². The predicted octanol–water partition coefficient (Wildman–Crippen LogP) is 3.92. The Morgan fingerprint density at radius 2 is 1.80 bits per heavy atom. The summed E-state index contributed by atoms with van der Waals surface area (Å²) in [5, 5.41) is 3.63. The normalized spacial score (nSPS) is 14.9. The van der Waals surface area contributed by atoms with E-state index in [1.807, 2.05) is 0 Å². The van der Waals surface area contributed by atoms with Crippen molar-refractivity contribution in [2.75, 3.05) is 0 Å². The number of unbranched alkanes of at least 4 members (excludes halogenated alkanes) is 1. The van der Waals surface area contributed by atoms with Crippen LogP contribution in [-0.2, 0) is 0 Å². The smallest absolute Gasteiger partial charge is 0.0294 e. The van der Waals surface area contributed by atoms with Gasteiger partial charge >= 0.3 is 0 Å². The van der Waals surface area contributed by atoms with E-state index in [-0.39, 0.29) is 0 Å². The Balaban J connectivity index is 2.38. The van der Waals surface area contributed by atoms with E-state index in [1.165, 1.54) is 24.8 Å². The van der Waals surface area contributed by atoms with Crippen LogP contribution in [0.25, 0.3) is 0 Å². The van der Waals surface area contributed by atoms with Crippen LogP contribution < -0.4 is 5.32 Å². The lowest BCUT2D eigenvalue weighted by Gasteiger charge is -2.20. The molecule has 1 nitrogen and oxygen atoms in total. The Hall–Kier alpha value is -0.820. The van der Waals surface area contributed by atoms with Crippen molar-refractivity contribution in [2.45, 2.75) is 52.1 Å². The lowest BCUT2D eigenvalue weighted by molar-refractivity contribution is 0.444. The second kappa shape index (κ2) is 6.62. The molecule has 0 aliphatic heterocycles. The summed E-state index contributed by atoms with van der Waals surface area (Å²) in [6, 6.07) is 11.7. The Kier molecular flexibility index (Phi) is 5.41. The highest BCUT2D eigenvalue weighted by Gasteiger charge is 2.07. The molecular weight excluding hydrogens is 182 g/mol. The van der Waals surface area contributed by atoms with Crippen LogP contribution in [0.5, 0.6) is 0 Å². The average molecular weight is 205 g/mol. The van der Waals surface area contributed by atoms with Crippen LogP contribution in [0.4, 0.5) is 0 Å². The molecule has 0 aromatic heterocycles. The van der Waals surface area contributed by atoms with Crippen LogP contribution in [-0.4, -0.2) is 6.04 Å². The molecule has 0 amide bonds. The van der Waals surface area contributed by atoms with E-state index in [1.54, 1.807) is 0 Å². The van der Waals surface area contributed by atoms with Crippen LogP contribution in [0.2, 0.25) is 0 Å². The third-order valence-corrected chi connectivity index (χ3v) is 2.82. The van der Waals surface area contributed by atoms with Gasteiger partial charge in [-0.1, -0.05) is 50.1 Å². The quantitative estimate of drug-likeness (QED) is 0.742. The van der Waals surface area contributed by atoms with Crippen molar-refractivity contribution in [3.63, 3.8) is 0 Å². The van der Waals surface area contributed by atoms with Crippen molar-refractivity contribution in [2.24, 2.45) is 0 Å². The van der Waals surface area contributed by atoms with Crippen molar-refractivity contribution in [3.8, 4) is 0 Å². The number of hydrogen-bond donors (Lipinski definition) is 1. The van der Waals surface area contributed by atoms with E-state index in [0.29, 0.717) is 12.1 Å². The van der Waals surface area contributed by atoms with E-state index in [9.17, 15) is 0 Å². The molecule has 1 aromatic carbocycles. The zero-order valence-electron chi connectivity index (χ0n) is 10.2. The Labute approximate surface area is 93.9 Å². The molecule has 15 heavy (non-hydrogen) atoms. The van der Waals surface area contributed by atoms with Crippen molar-refractivity contribution in [1.82, 2.24) is 5.32 Å². The zero-order valence-corrected chi connectivity index (χ0v) is 10.2. The minimum absolute atomic E-state index is 0.457. The second-order valence-electron chi connectivity index (χ2n) is 4.34. The van der Waals surface area contributed by atoms with Gasteiger partial charge in [-0.2, -0.15) is 0 Å². The summed E-state index contributed by atoms with van der Waals surface area (Å²) in [5.41, 5.74) is 1.38. The van der Waals surface area contributed by atoms with Gasteiger partial charge in [0.15, 0.2) is 0 Å². The molecule has 1 N–H and O–H groups in total. The summed E-state index contributed by atoms with van der Waals surface area (Å²) in [5.74, 6) is 0. The molecule has 0 aliphatic rings. The van der Waals surface area contributed by atoms with E-state index in [4.69, 9.17) is 0 Å². The first kappa shape index (κ1) is 12.3. The molecule has 0 heterocycles.